The molecule has 0 spiro atoms. The van der Waals surface area contributed by atoms with Gasteiger partial charge in [-0.05, 0) is 25.1 Å². The Bertz CT molecular complexity index is 1180. The molecule has 0 saturated carbocycles. The number of nitrogens with one attached hydrogen (secondary N) is 2. The number of hydrogen-bond donors (Lipinski definition) is 3. The van der Waals surface area contributed by atoms with Crippen LogP contribution in [0.3, 0.4) is 0 Å². The minimum atomic E-state index is -1.04. The molecule has 0 aliphatic carbocycles. The van der Waals surface area contributed by atoms with E-state index >= 15 is 0 Å². The van der Waals surface area contributed by atoms with Crippen molar-refractivity contribution in [3.05, 3.63) is 90.5 Å². The number of H-pyrrole nitrogens is 1. The van der Waals surface area contributed by atoms with Crippen LogP contribution in [0.15, 0.2) is 90.1 Å². The summed E-state index contributed by atoms with van der Waals surface area (Å²) in [7, 11) is 0. The average Bonchev–Trinajstić information content (AvgIpc) is 3.24. The minimum Gasteiger partial charge on any atom is -0.478 e. The van der Waals surface area contributed by atoms with Gasteiger partial charge in [-0.15, -0.1) is 0 Å². The SMILES string of the molecule is CC(Sc1nc(-c2ccccc2)c(-c2ccccc2)[nH]1)C(=O)Nc1cccc(C(=O)O)c1. The van der Waals surface area contributed by atoms with Crippen LogP contribution in [0.2, 0.25) is 0 Å². The maximum atomic E-state index is 12.7. The predicted molar refractivity (Wildman–Crippen MR) is 127 cm³/mol. The molecule has 1 atom stereocenters. The summed E-state index contributed by atoms with van der Waals surface area (Å²) in [5.41, 5.74) is 4.26. The average molecular weight is 444 g/mol. The number of aromatic nitrogens is 2. The number of carbonyl (C=O) groups excluding carboxylic acids is 1. The monoisotopic (exact) mass is 443 g/mol. The van der Waals surface area contributed by atoms with Gasteiger partial charge >= 0.3 is 5.97 Å². The standard InChI is InChI=1S/C25H21N3O3S/c1-16(23(29)26-20-14-8-13-19(15-20)24(30)31)32-25-27-21(17-9-4-2-5-10-17)22(28-25)18-11-6-3-7-12-18/h2-16H,1H3,(H,26,29)(H,27,28)(H,30,31). The molecule has 3 aromatic carbocycles. The molecule has 1 aromatic heterocycles. The Morgan fingerprint density at radius 2 is 1.59 bits per heavy atom. The number of amides is 1. The van der Waals surface area contributed by atoms with Crippen molar-refractivity contribution in [2.45, 2.75) is 17.3 Å². The van der Waals surface area contributed by atoms with Gasteiger partial charge in [-0.3, -0.25) is 4.79 Å². The molecule has 4 aromatic rings. The molecule has 6 nitrogen and oxygen atoms in total. The fourth-order valence-corrected chi connectivity index (χ4v) is 4.03. The number of thioether (sulfide) groups is 1. The molecule has 4 rings (SSSR count). The molecule has 32 heavy (non-hydrogen) atoms. The van der Waals surface area contributed by atoms with Crippen LogP contribution in [0.4, 0.5) is 5.69 Å². The molecule has 0 aliphatic rings. The number of aromatic carboxylic acids is 1. The van der Waals surface area contributed by atoms with Gasteiger partial charge < -0.3 is 15.4 Å². The van der Waals surface area contributed by atoms with E-state index in [1.54, 1.807) is 19.1 Å². The van der Waals surface area contributed by atoms with Crippen molar-refractivity contribution in [3.8, 4) is 22.5 Å². The number of imidazole rings is 1. The highest BCUT2D eigenvalue weighted by Gasteiger charge is 2.20. The third kappa shape index (κ3) is 4.90. The second kappa shape index (κ2) is 9.53. The van der Waals surface area contributed by atoms with E-state index in [0.717, 1.165) is 22.5 Å². The molecule has 1 heterocycles. The van der Waals surface area contributed by atoms with Crippen molar-refractivity contribution in [1.29, 1.82) is 0 Å². The maximum Gasteiger partial charge on any atom is 0.335 e. The first-order chi connectivity index (χ1) is 15.5. The van der Waals surface area contributed by atoms with Gasteiger partial charge in [0.25, 0.3) is 0 Å². The zero-order valence-electron chi connectivity index (χ0n) is 17.3. The van der Waals surface area contributed by atoms with Crippen LogP contribution in [0.5, 0.6) is 0 Å². The summed E-state index contributed by atoms with van der Waals surface area (Å²) in [6.07, 6.45) is 0. The summed E-state index contributed by atoms with van der Waals surface area (Å²) in [6, 6.07) is 26.0. The Kier molecular flexibility index (Phi) is 6.37. The Morgan fingerprint density at radius 3 is 2.25 bits per heavy atom. The van der Waals surface area contributed by atoms with Gasteiger partial charge in [0.2, 0.25) is 5.91 Å². The van der Waals surface area contributed by atoms with Crippen molar-refractivity contribution in [1.82, 2.24) is 9.97 Å². The van der Waals surface area contributed by atoms with Gasteiger partial charge in [-0.2, -0.15) is 0 Å². The molecule has 0 fully saturated rings. The smallest absolute Gasteiger partial charge is 0.335 e. The number of hydrogen-bond acceptors (Lipinski definition) is 4. The molecule has 0 saturated heterocycles. The Morgan fingerprint density at radius 1 is 0.938 bits per heavy atom. The number of carbonyl (C=O) groups is 2. The zero-order chi connectivity index (χ0) is 22.5. The first-order valence-electron chi connectivity index (χ1n) is 10.0. The fourth-order valence-electron chi connectivity index (χ4n) is 3.22. The quantitative estimate of drug-likeness (QED) is 0.325. The molecule has 3 N–H and O–H groups in total. The van der Waals surface area contributed by atoms with E-state index in [-0.39, 0.29) is 11.5 Å². The number of rotatable bonds is 7. The largest absolute Gasteiger partial charge is 0.478 e. The number of aromatic amines is 1. The van der Waals surface area contributed by atoms with Crippen LogP contribution in [-0.4, -0.2) is 32.2 Å². The lowest BCUT2D eigenvalue weighted by molar-refractivity contribution is -0.115. The highest BCUT2D eigenvalue weighted by Crippen LogP contribution is 2.33. The van der Waals surface area contributed by atoms with E-state index in [0.29, 0.717) is 10.8 Å². The molecule has 0 bridgehead atoms. The molecule has 1 unspecified atom stereocenters. The van der Waals surface area contributed by atoms with Gasteiger partial charge in [0, 0.05) is 16.8 Å². The van der Waals surface area contributed by atoms with Gasteiger partial charge in [-0.25, -0.2) is 9.78 Å². The first-order valence-corrected chi connectivity index (χ1v) is 10.9. The molecule has 0 aliphatic heterocycles. The lowest BCUT2D eigenvalue weighted by atomic mass is 10.1. The van der Waals surface area contributed by atoms with E-state index in [9.17, 15) is 9.59 Å². The van der Waals surface area contributed by atoms with Gasteiger partial charge in [0.15, 0.2) is 5.16 Å². The van der Waals surface area contributed by atoms with E-state index in [4.69, 9.17) is 10.1 Å². The highest BCUT2D eigenvalue weighted by atomic mass is 32.2. The van der Waals surface area contributed by atoms with Crippen molar-refractivity contribution < 1.29 is 14.7 Å². The van der Waals surface area contributed by atoms with Crippen LogP contribution in [-0.2, 0) is 4.79 Å². The summed E-state index contributed by atoms with van der Waals surface area (Å²) in [4.78, 5) is 32.0. The Balaban J connectivity index is 1.56. The summed E-state index contributed by atoms with van der Waals surface area (Å²) < 4.78 is 0. The van der Waals surface area contributed by atoms with Crippen molar-refractivity contribution >= 4 is 29.3 Å². The van der Waals surface area contributed by atoms with Crippen molar-refractivity contribution in [2.75, 3.05) is 5.32 Å². The number of anilines is 1. The van der Waals surface area contributed by atoms with E-state index in [1.165, 1.54) is 23.9 Å². The van der Waals surface area contributed by atoms with Crippen LogP contribution >= 0.6 is 11.8 Å². The third-order valence-electron chi connectivity index (χ3n) is 4.83. The van der Waals surface area contributed by atoms with E-state index in [2.05, 4.69) is 10.3 Å². The van der Waals surface area contributed by atoms with Crippen molar-refractivity contribution in [3.63, 3.8) is 0 Å². The van der Waals surface area contributed by atoms with Crippen LogP contribution in [0.25, 0.3) is 22.5 Å². The molecular weight excluding hydrogens is 422 g/mol. The second-order valence-corrected chi connectivity index (χ2v) is 8.46. The highest BCUT2D eigenvalue weighted by molar-refractivity contribution is 8.00. The lowest BCUT2D eigenvalue weighted by Gasteiger charge is -2.11. The number of benzene rings is 3. The normalized spacial score (nSPS) is 11.7. The molecule has 160 valence electrons. The van der Waals surface area contributed by atoms with Crippen molar-refractivity contribution in [2.24, 2.45) is 0 Å². The third-order valence-corrected chi connectivity index (χ3v) is 5.81. The maximum absolute atomic E-state index is 12.7. The Labute approximate surface area is 189 Å². The molecular formula is C25H21N3O3S. The lowest BCUT2D eigenvalue weighted by Crippen LogP contribution is -2.22. The van der Waals surface area contributed by atoms with Crippen LogP contribution in [0.1, 0.15) is 17.3 Å². The molecule has 1 amide bonds. The van der Waals surface area contributed by atoms with E-state index in [1.807, 2.05) is 60.7 Å². The topological polar surface area (TPSA) is 95.1 Å². The number of carboxylic acids is 1. The molecule has 0 radical (unpaired) electrons. The summed E-state index contributed by atoms with van der Waals surface area (Å²) in [5, 5.41) is 12.1. The fraction of sp³-hybridized carbons (Fsp3) is 0.0800. The van der Waals surface area contributed by atoms with Gasteiger partial charge in [0.1, 0.15) is 0 Å². The minimum absolute atomic E-state index is 0.120. The number of nitrogens with zero attached hydrogens (tertiary/aromatic N) is 1. The first kappa shape index (κ1) is 21.4. The summed E-state index contributed by atoms with van der Waals surface area (Å²) in [6.45, 7) is 1.79. The summed E-state index contributed by atoms with van der Waals surface area (Å²) >= 11 is 1.31. The summed E-state index contributed by atoms with van der Waals surface area (Å²) in [5.74, 6) is -1.28. The molecule has 7 heteroatoms. The van der Waals surface area contributed by atoms with Crippen LogP contribution < -0.4 is 5.32 Å². The Hall–Kier alpha value is -3.84. The van der Waals surface area contributed by atoms with E-state index < -0.39 is 11.2 Å². The van der Waals surface area contributed by atoms with Crippen LogP contribution in [0, 0.1) is 0 Å². The van der Waals surface area contributed by atoms with Gasteiger partial charge in [-0.1, -0.05) is 78.5 Å². The predicted octanol–water partition coefficient (Wildman–Crippen LogP) is 5.56. The zero-order valence-corrected chi connectivity index (χ0v) is 18.1. The number of carboxylic acid groups (broad SMARTS) is 1. The second-order valence-electron chi connectivity index (χ2n) is 7.13. The van der Waals surface area contributed by atoms with Gasteiger partial charge in [0.05, 0.1) is 22.2 Å².